The molecule has 1 aromatic rings. The van der Waals surface area contributed by atoms with Gasteiger partial charge in [-0.25, -0.2) is 0 Å². The molecule has 1 saturated heterocycles. The third-order valence-corrected chi connectivity index (χ3v) is 4.40. The maximum absolute atomic E-state index is 11.9. The van der Waals surface area contributed by atoms with Crippen molar-refractivity contribution in [2.45, 2.75) is 50.5 Å². The number of ether oxygens (including phenoxy) is 2. The van der Waals surface area contributed by atoms with E-state index in [0.717, 1.165) is 31.2 Å². The fraction of sp³-hybridized carbons (Fsp3) is 0.588. The maximum atomic E-state index is 11.9. The number of hydrogen-bond donors (Lipinski definition) is 2. The largest absolute Gasteiger partial charge is 0.347 e. The van der Waals surface area contributed by atoms with Crippen LogP contribution in [-0.2, 0) is 25.6 Å². The lowest BCUT2D eigenvalue weighted by Gasteiger charge is -2.31. The summed E-state index contributed by atoms with van der Waals surface area (Å²) in [4.78, 5) is 27.6. The first-order chi connectivity index (χ1) is 11.7. The van der Waals surface area contributed by atoms with E-state index in [1.165, 1.54) is 6.42 Å². The summed E-state index contributed by atoms with van der Waals surface area (Å²) in [6, 6.07) is 3.61. The summed E-state index contributed by atoms with van der Waals surface area (Å²) in [5, 5.41) is 5.18. The molecule has 2 N–H and O–H groups in total. The van der Waals surface area contributed by atoms with E-state index in [0.29, 0.717) is 6.61 Å². The molecule has 0 bridgehead atoms. The van der Waals surface area contributed by atoms with E-state index in [2.05, 4.69) is 15.6 Å². The van der Waals surface area contributed by atoms with Crippen molar-refractivity contribution in [1.82, 2.24) is 15.6 Å². The molecule has 0 aromatic carbocycles. The molecule has 1 aliphatic heterocycles. The van der Waals surface area contributed by atoms with Crippen LogP contribution in [-0.4, -0.2) is 41.8 Å². The van der Waals surface area contributed by atoms with Crippen molar-refractivity contribution in [1.29, 1.82) is 0 Å². The van der Waals surface area contributed by atoms with E-state index in [4.69, 9.17) is 9.47 Å². The molecule has 7 heteroatoms. The Morgan fingerprint density at radius 3 is 2.75 bits per heavy atom. The smallest absolute Gasteiger partial charge is 0.309 e. The van der Waals surface area contributed by atoms with E-state index in [1.54, 1.807) is 18.5 Å². The minimum atomic E-state index is -0.662. The number of amides is 2. The lowest BCUT2D eigenvalue weighted by Crippen LogP contribution is -2.43. The van der Waals surface area contributed by atoms with E-state index < -0.39 is 17.6 Å². The Kier molecular flexibility index (Phi) is 5.42. The van der Waals surface area contributed by atoms with Crippen LogP contribution in [0, 0.1) is 0 Å². The second-order valence-corrected chi connectivity index (χ2v) is 6.28. The molecule has 2 amide bonds. The fourth-order valence-electron chi connectivity index (χ4n) is 3.12. The van der Waals surface area contributed by atoms with Gasteiger partial charge in [0.15, 0.2) is 5.79 Å². The van der Waals surface area contributed by atoms with Crippen LogP contribution in [0.2, 0.25) is 0 Å². The summed E-state index contributed by atoms with van der Waals surface area (Å²) in [5.74, 6) is -1.78. The SMILES string of the molecule is O=C(NCc1cccnc1)C(=O)NCC1COC2(CCCCC2)O1. The summed E-state index contributed by atoms with van der Waals surface area (Å²) in [7, 11) is 0. The molecule has 3 rings (SSSR count). The topological polar surface area (TPSA) is 89.6 Å². The highest BCUT2D eigenvalue weighted by atomic mass is 16.7. The van der Waals surface area contributed by atoms with Crippen LogP contribution in [0.15, 0.2) is 24.5 Å². The molecule has 1 atom stereocenters. The Morgan fingerprint density at radius 1 is 1.21 bits per heavy atom. The number of aromatic nitrogens is 1. The lowest BCUT2D eigenvalue weighted by molar-refractivity contribution is -0.186. The summed E-state index contributed by atoms with van der Waals surface area (Å²) < 4.78 is 11.8. The van der Waals surface area contributed by atoms with Crippen molar-refractivity contribution < 1.29 is 19.1 Å². The van der Waals surface area contributed by atoms with Crippen LogP contribution in [0.3, 0.4) is 0 Å². The molecule has 1 saturated carbocycles. The van der Waals surface area contributed by atoms with E-state index in [-0.39, 0.29) is 19.2 Å². The first-order valence-electron chi connectivity index (χ1n) is 8.44. The van der Waals surface area contributed by atoms with Crippen LogP contribution < -0.4 is 10.6 Å². The molecule has 130 valence electrons. The maximum Gasteiger partial charge on any atom is 0.309 e. The average molecular weight is 333 g/mol. The Morgan fingerprint density at radius 2 is 2.00 bits per heavy atom. The molecule has 1 aromatic heterocycles. The summed E-state index contributed by atoms with van der Waals surface area (Å²) in [5.41, 5.74) is 0.838. The van der Waals surface area contributed by atoms with Gasteiger partial charge >= 0.3 is 11.8 Å². The number of pyridine rings is 1. The number of carbonyl (C=O) groups excluding carboxylic acids is 2. The predicted molar refractivity (Wildman–Crippen MR) is 85.7 cm³/mol. The fourth-order valence-corrected chi connectivity index (χ4v) is 3.12. The molecule has 1 unspecified atom stereocenters. The van der Waals surface area contributed by atoms with Gasteiger partial charge < -0.3 is 20.1 Å². The van der Waals surface area contributed by atoms with Gasteiger partial charge in [0.05, 0.1) is 6.61 Å². The second-order valence-electron chi connectivity index (χ2n) is 6.28. The van der Waals surface area contributed by atoms with Gasteiger partial charge in [0, 0.05) is 38.3 Å². The Bertz CT molecular complexity index is 572. The number of nitrogens with zero attached hydrogens (tertiary/aromatic N) is 1. The molecule has 24 heavy (non-hydrogen) atoms. The zero-order valence-corrected chi connectivity index (χ0v) is 13.6. The zero-order chi connectivity index (χ0) is 16.8. The van der Waals surface area contributed by atoms with Gasteiger partial charge in [-0.2, -0.15) is 0 Å². The third-order valence-electron chi connectivity index (χ3n) is 4.40. The number of carbonyl (C=O) groups is 2. The quantitative estimate of drug-likeness (QED) is 0.799. The molecule has 7 nitrogen and oxygen atoms in total. The number of rotatable bonds is 4. The minimum Gasteiger partial charge on any atom is -0.347 e. The van der Waals surface area contributed by atoms with Crippen molar-refractivity contribution in [3.8, 4) is 0 Å². The first-order valence-corrected chi connectivity index (χ1v) is 8.44. The van der Waals surface area contributed by atoms with Crippen LogP contribution in [0.5, 0.6) is 0 Å². The van der Waals surface area contributed by atoms with Crippen LogP contribution in [0.4, 0.5) is 0 Å². The molecule has 2 heterocycles. The van der Waals surface area contributed by atoms with Crippen molar-refractivity contribution in [2.24, 2.45) is 0 Å². The van der Waals surface area contributed by atoms with Crippen molar-refractivity contribution in [3.05, 3.63) is 30.1 Å². The summed E-state index contributed by atoms with van der Waals surface area (Å²) in [6.45, 7) is 1.00. The molecule has 0 radical (unpaired) electrons. The van der Waals surface area contributed by atoms with Crippen molar-refractivity contribution in [2.75, 3.05) is 13.2 Å². The van der Waals surface area contributed by atoms with Crippen LogP contribution in [0.25, 0.3) is 0 Å². The first kappa shape index (κ1) is 16.9. The molecule has 2 fully saturated rings. The second kappa shape index (κ2) is 7.72. The predicted octanol–water partition coefficient (Wildman–Crippen LogP) is 0.890. The summed E-state index contributed by atoms with van der Waals surface area (Å²) >= 11 is 0. The average Bonchev–Trinajstić information content (AvgIpc) is 3.01. The monoisotopic (exact) mass is 333 g/mol. The van der Waals surface area contributed by atoms with Crippen molar-refractivity contribution in [3.63, 3.8) is 0 Å². The lowest BCUT2D eigenvalue weighted by atomic mass is 9.94. The highest BCUT2D eigenvalue weighted by Crippen LogP contribution is 2.37. The molecule has 1 aliphatic carbocycles. The van der Waals surface area contributed by atoms with Gasteiger partial charge in [-0.1, -0.05) is 12.5 Å². The van der Waals surface area contributed by atoms with Gasteiger partial charge in [-0.15, -0.1) is 0 Å². The number of nitrogens with one attached hydrogen (secondary N) is 2. The molecular weight excluding hydrogens is 310 g/mol. The molecule has 2 aliphatic rings. The normalized spacial score (nSPS) is 22.2. The Balaban J connectivity index is 1.38. The van der Waals surface area contributed by atoms with Crippen molar-refractivity contribution >= 4 is 11.8 Å². The standard InChI is InChI=1S/C17H23N3O4/c21-15(19-10-13-5-4-8-18-9-13)16(22)20-11-14-12-23-17(24-14)6-2-1-3-7-17/h4-5,8-9,14H,1-3,6-7,10-12H2,(H,19,21)(H,20,22). The molecular formula is C17H23N3O4. The van der Waals surface area contributed by atoms with Gasteiger partial charge in [0.1, 0.15) is 6.10 Å². The zero-order valence-electron chi connectivity index (χ0n) is 13.6. The third kappa shape index (κ3) is 4.30. The van der Waals surface area contributed by atoms with Crippen LogP contribution >= 0.6 is 0 Å². The summed E-state index contributed by atoms with van der Waals surface area (Å²) in [6.07, 6.45) is 8.34. The van der Waals surface area contributed by atoms with Gasteiger partial charge in [-0.05, 0) is 24.5 Å². The highest BCUT2D eigenvalue weighted by Gasteiger charge is 2.42. The minimum absolute atomic E-state index is 0.196. The number of hydrogen-bond acceptors (Lipinski definition) is 5. The highest BCUT2D eigenvalue weighted by molar-refractivity contribution is 6.35. The molecule has 1 spiro atoms. The van der Waals surface area contributed by atoms with Gasteiger partial charge in [0.2, 0.25) is 0 Å². The van der Waals surface area contributed by atoms with E-state index >= 15 is 0 Å². The Labute approximate surface area is 141 Å². The van der Waals surface area contributed by atoms with Gasteiger partial charge in [-0.3, -0.25) is 14.6 Å². The Hall–Kier alpha value is -1.99. The van der Waals surface area contributed by atoms with E-state index in [9.17, 15) is 9.59 Å². The van der Waals surface area contributed by atoms with Gasteiger partial charge in [0.25, 0.3) is 0 Å². The van der Waals surface area contributed by atoms with Crippen LogP contribution in [0.1, 0.15) is 37.7 Å². The van der Waals surface area contributed by atoms with E-state index in [1.807, 2.05) is 6.07 Å².